The molecule has 2 heterocycles. The van der Waals surface area contributed by atoms with E-state index in [2.05, 4.69) is 26.2 Å². The first kappa shape index (κ1) is 14.8. The second kappa shape index (κ2) is 6.34. The molecule has 0 aliphatic carbocycles. The molecule has 0 saturated carbocycles. The van der Waals surface area contributed by atoms with Crippen LogP contribution in [-0.2, 0) is 0 Å². The quantitative estimate of drug-likeness (QED) is 0.698. The molecule has 0 aliphatic rings. The summed E-state index contributed by atoms with van der Waals surface area (Å²) in [5.41, 5.74) is 0.741. The van der Waals surface area contributed by atoms with E-state index in [4.69, 9.17) is 16.0 Å². The lowest BCUT2D eigenvalue weighted by Gasteiger charge is -2.02. The Bertz CT molecular complexity index is 815. The molecule has 0 unspecified atom stereocenters. The Balaban J connectivity index is 1.80. The zero-order chi connectivity index (χ0) is 15.5. The molecular weight excluding hydrogens is 368 g/mol. The normalized spacial score (nSPS) is 10.5. The summed E-state index contributed by atoms with van der Waals surface area (Å²) in [7, 11) is 0. The van der Waals surface area contributed by atoms with Gasteiger partial charge in [-0.1, -0.05) is 23.7 Å². The molecule has 110 valence electrons. The van der Waals surface area contributed by atoms with Gasteiger partial charge in [-0.2, -0.15) is 0 Å². The van der Waals surface area contributed by atoms with Crippen LogP contribution in [0.15, 0.2) is 63.6 Å². The molecule has 0 fully saturated rings. The van der Waals surface area contributed by atoms with E-state index >= 15 is 0 Å². The van der Waals surface area contributed by atoms with Crippen molar-refractivity contribution in [1.82, 2.24) is 4.98 Å². The fourth-order valence-corrected chi connectivity index (χ4v) is 2.36. The van der Waals surface area contributed by atoms with Gasteiger partial charge < -0.3 is 9.73 Å². The first-order valence-corrected chi connectivity index (χ1v) is 7.58. The number of carbonyl (C=O) groups is 1. The van der Waals surface area contributed by atoms with Crippen molar-refractivity contribution in [2.75, 3.05) is 5.32 Å². The van der Waals surface area contributed by atoms with Gasteiger partial charge in [0.05, 0.1) is 5.02 Å². The first-order valence-electron chi connectivity index (χ1n) is 6.41. The second-order valence-electron chi connectivity index (χ2n) is 4.46. The van der Waals surface area contributed by atoms with Crippen molar-refractivity contribution < 1.29 is 9.21 Å². The van der Waals surface area contributed by atoms with Crippen LogP contribution in [0.3, 0.4) is 0 Å². The Morgan fingerprint density at radius 3 is 2.68 bits per heavy atom. The van der Waals surface area contributed by atoms with Gasteiger partial charge in [0.1, 0.15) is 11.6 Å². The molecule has 0 bridgehead atoms. The van der Waals surface area contributed by atoms with Crippen molar-refractivity contribution in [1.29, 1.82) is 0 Å². The van der Waals surface area contributed by atoms with E-state index in [1.165, 1.54) is 0 Å². The third-order valence-electron chi connectivity index (χ3n) is 2.94. The summed E-state index contributed by atoms with van der Waals surface area (Å²) < 4.78 is 6.41. The fraction of sp³-hybridized carbons (Fsp3) is 0. The number of halogens is 2. The molecule has 0 saturated heterocycles. The summed E-state index contributed by atoms with van der Waals surface area (Å²) >= 11 is 9.40. The standard InChI is InChI=1S/C16H10BrClN2O2/c17-10-5-8-15(19-9-10)20-16(21)14-7-6-13(22-14)11-3-1-2-4-12(11)18/h1-9H,(H,19,20,21). The van der Waals surface area contributed by atoms with Crippen LogP contribution < -0.4 is 5.32 Å². The molecule has 6 heteroatoms. The number of anilines is 1. The molecule has 0 atom stereocenters. The second-order valence-corrected chi connectivity index (χ2v) is 5.78. The van der Waals surface area contributed by atoms with Crippen molar-refractivity contribution in [2.24, 2.45) is 0 Å². The maximum absolute atomic E-state index is 12.1. The number of rotatable bonds is 3. The van der Waals surface area contributed by atoms with E-state index < -0.39 is 0 Å². The monoisotopic (exact) mass is 376 g/mol. The van der Waals surface area contributed by atoms with E-state index in [0.717, 1.165) is 10.0 Å². The van der Waals surface area contributed by atoms with Gasteiger partial charge in [-0.3, -0.25) is 4.79 Å². The summed E-state index contributed by atoms with van der Waals surface area (Å²) in [4.78, 5) is 16.2. The van der Waals surface area contributed by atoms with Gasteiger partial charge in [0.2, 0.25) is 0 Å². The highest BCUT2D eigenvalue weighted by atomic mass is 79.9. The maximum Gasteiger partial charge on any atom is 0.292 e. The van der Waals surface area contributed by atoms with Crippen molar-refractivity contribution in [3.05, 3.63) is 70.0 Å². The van der Waals surface area contributed by atoms with Gasteiger partial charge in [0, 0.05) is 16.2 Å². The van der Waals surface area contributed by atoms with Crippen molar-refractivity contribution in [2.45, 2.75) is 0 Å². The summed E-state index contributed by atoms with van der Waals surface area (Å²) in [6.07, 6.45) is 1.60. The Morgan fingerprint density at radius 1 is 1.14 bits per heavy atom. The molecule has 3 rings (SSSR count). The van der Waals surface area contributed by atoms with E-state index in [1.807, 2.05) is 18.2 Å². The first-order chi connectivity index (χ1) is 10.6. The molecule has 2 aromatic heterocycles. The Kier molecular flexibility index (Phi) is 4.27. The van der Waals surface area contributed by atoms with Gasteiger partial charge >= 0.3 is 0 Å². The lowest BCUT2D eigenvalue weighted by molar-refractivity contribution is 0.0997. The van der Waals surface area contributed by atoms with E-state index in [-0.39, 0.29) is 11.7 Å². The number of pyridine rings is 1. The third kappa shape index (κ3) is 3.21. The van der Waals surface area contributed by atoms with E-state index in [0.29, 0.717) is 16.6 Å². The summed E-state index contributed by atoms with van der Waals surface area (Å²) in [5.74, 6) is 0.816. The molecule has 1 aromatic carbocycles. The summed E-state index contributed by atoms with van der Waals surface area (Å²) in [5, 5.41) is 3.24. The molecule has 0 spiro atoms. The average molecular weight is 378 g/mol. The van der Waals surface area contributed by atoms with Crippen LogP contribution in [-0.4, -0.2) is 10.9 Å². The fourth-order valence-electron chi connectivity index (χ4n) is 1.89. The van der Waals surface area contributed by atoms with Crippen LogP contribution in [0.4, 0.5) is 5.82 Å². The van der Waals surface area contributed by atoms with Gasteiger partial charge in [-0.15, -0.1) is 0 Å². The topological polar surface area (TPSA) is 55.1 Å². The van der Waals surface area contributed by atoms with Crippen molar-refractivity contribution in [3.63, 3.8) is 0 Å². The maximum atomic E-state index is 12.1. The lowest BCUT2D eigenvalue weighted by atomic mass is 10.2. The Morgan fingerprint density at radius 2 is 1.95 bits per heavy atom. The van der Waals surface area contributed by atoms with Crippen LogP contribution in [0, 0.1) is 0 Å². The summed E-state index contributed by atoms with van der Waals surface area (Å²) in [6.45, 7) is 0. The molecule has 0 aliphatic heterocycles. The van der Waals surface area contributed by atoms with Crippen LogP contribution in [0.2, 0.25) is 5.02 Å². The smallest absolute Gasteiger partial charge is 0.292 e. The molecule has 1 N–H and O–H groups in total. The van der Waals surface area contributed by atoms with Gasteiger partial charge in [-0.25, -0.2) is 4.98 Å². The van der Waals surface area contributed by atoms with Crippen molar-refractivity contribution >= 4 is 39.3 Å². The number of hydrogen-bond acceptors (Lipinski definition) is 3. The minimum absolute atomic E-state index is 0.194. The van der Waals surface area contributed by atoms with Crippen molar-refractivity contribution in [3.8, 4) is 11.3 Å². The van der Waals surface area contributed by atoms with Crippen LogP contribution >= 0.6 is 27.5 Å². The number of benzene rings is 1. The highest BCUT2D eigenvalue weighted by Gasteiger charge is 2.14. The van der Waals surface area contributed by atoms with Gasteiger partial charge in [0.15, 0.2) is 5.76 Å². The average Bonchev–Trinajstić information content (AvgIpc) is 3.00. The number of aromatic nitrogens is 1. The highest BCUT2D eigenvalue weighted by Crippen LogP contribution is 2.29. The number of hydrogen-bond donors (Lipinski definition) is 1. The zero-order valence-electron chi connectivity index (χ0n) is 11.2. The molecule has 1 amide bonds. The van der Waals surface area contributed by atoms with Crippen LogP contribution in [0.1, 0.15) is 10.6 Å². The summed E-state index contributed by atoms with van der Waals surface area (Å²) in [6, 6.07) is 14.1. The molecule has 3 aromatic rings. The number of furan rings is 1. The number of nitrogens with one attached hydrogen (secondary N) is 1. The van der Waals surface area contributed by atoms with Gasteiger partial charge in [0.25, 0.3) is 5.91 Å². The number of carbonyl (C=O) groups excluding carboxylic acids is 1. The predicted molar refractivity (Wildman–Crippen MR) is 89.0 cm³/mol. The SMILES string of the molecule is O=C(Nc1ccc(Br)cn1)c1ccc(-c2ccccc2Cl)o1. The minimum atomic E-state index is -0.367. The zero-order valence-corrected chi connectivity index (χ0v) is 13.6. The van der Waals surface area contributed by atoms with Gasteiger partial charge in [-0.05, 0) is 52.3 Å². The molecular formula is C16H10BrClN2O2. The highest BCUT2D eigenvalue weighted by molar-refractivity contribution is 9.10. The third-order valence-corrected chi connectivity index (χ3v) is 3.74. The van der Waals surface area contributed by atoms with Crippen LogP contribution in [0.5, 0.6) is 0 Å². The number of amides is 1. The minimum Gasteiger partial charge on any atom is -0.451 e. The number of nitrogens with zero attached hydrogens (tertiary/aromatic N) is 1. The van der Waals surface area contributed by atoms with E-state index in [9.17, 15) is 4.79 Å². The largest absolute Gasteiger partial charge is 0.451 e. The molecule has 0 radical (unpaired) electrons. The lowest BCUT2D eigenvalue weighted by Crippen LogP contribution is -2.11. The van der Waals surface area contributed by atoms with Crippen LogP contribution in [0.25, 0.3) is 11.3 Å². The Hall–Kier alpha value is -2.11. The Labute approximate surface area is 140 Å². The molecule has 4 nitrogen and oxygen atoms in total. The molecule has 22 heavy (non-hydrogen) atoms. The predicted octanol–water partition coefficient (Wildman–Crippen LogP) is 5.01. The van der Waals surface area contributed by atoms with E-state index in [1.54, 1.807) is 36.5 Å².